The highest BCUT2D eigenvalue weighted by Crippen LogP contribution is 2.27. The van der Waals surface area contributed by atoms with Gasteiger partial charge in [0.05, 0.1) is 50.5 Å². The summed E-state index contributed by atoms with van der Waals surface area (Å²) in [5.74, 6) is 1.25. The second-order valence-corrected chi connectivity index (χ2v) is 9.95. The van der Waals surface area contributed by atoms with E-state index >= 15 is 0 Å². The third kappa shape index (κ3) is 4.43. The Labute approximate surface area is 168 Å². The van der Waals surface area contributed by atoms with Gasteiger partial charge in [0, 0.05) is 12.6 Å². The number of benzene rings is 1. The van der Waals surface area contributed by atoms with Gasteiger partial charge in [-0.25, -0.2) is 8.42 Å². The topological polar surface area (TPSA) is 71.4 Å². The van der Waals surface area contributed by atoms with Gasteiger partial charge in [0.2, 0.25) is 0 Å². The van der Waals surface area contributed by atoms with Crippen LogP contribution in [0.5, 0.6) is 5.75 Å². The number of piperazine rings is 1. The van der Waals surface area contributed by atoms with Crippen LogP contribution in [0.3, 0.4) is 0 Å². The molecule has 8 heteroatoms. The number of amides is 1. The molecule has 2 aliphatic heterocycles. The lowest BCUT2D eigenvalue weighted by Gasteiger charge is -2.38. The quantitative estimate of drug-likeness (QED) is 0.705. The SMILES string of the molecule is CCN(C(=O)[C@@H](C)[NH+]1CCN(c2ccccc2OC)CC1)[C@@H]1CCS(=O)(=O)C1. The number of hydrogen-bond acceptors (Lipinski definition) is 5. The monoisotopic (exact) mass is 410 g/mol. The van der Waals surface area contributed by atoms with Gasteiger partial charge in [-0.1, -0.05) is 12.1 Å². The van der Waals surface area contributed by atoms with Gasteiger partial charge in [0.25, 0.3) is 5.91 Å². The fourth-order valence-electron chi connectivity index (χ4n) is 4.40. The summed E-state index contributed by atoms with van der Waals surface area (Å²) in [6, 6.07) is 7.68. The molecule has 28 heavy (non-hydrogen) atoms. The first-order valence-electron chi connectivity index (χ1n) is 10.1. The number of ether oxygens (including phenoxy) is 1. The molecule has 1 aromatic carbocycles. The predicted octanol–water partition coefficient (Wildman–Crippen LogP) is -0.176. The Hall–Kier alpha value is -1.80. The molecule has 2 saturated heterocycles. The van der Waals surface area contributed by atoms with E-state index in [4.69, 9.17) is 4.74 Å². The minimum Gasteiger partial charge on any atom is -0.495 e. The van der Waals surface area contributed by atoms with Crippen LogP contribution in [0.4, 0.5) is 5.69 Å². The van der Waals surface area contributed by atoms with E-state index in [0.717, 1.165) is 37.6 Å². The maximum Gasteiger partial charge on any atom is 0.280 e. The summed E-state index contributed by atoms with van der Waals surface area (Å²) in [4.78, 5) is 18.5. The van der Waals surface area contributed by atoms with Crippen molar-refractivity contribution in [1.29, 1.82) is 0 Å². The van der Waals surface area contributed by atoms with Gasteiger partial charge in [-0.15, -0.1) is 0 Å². The number of quaternary nitrogens is 1. The van der Waals surface area contributed by atoms with E-state index in [9.17, 15) is 13.2 Å². The zero-order valence-electron chi connectivity index (χ0n) is 17.1. The minimum absolute atomic E-state index is 0.0744. The first kappa shape index (κ1) is 20.9. The number of carbonyl (C=O) groups excluding carboxylic acids is 1. The van der Waals surface area contributed by atoms with Crippen molar-refractivity contribution in [3.05, 3.63) is 24.3 Å². The van der Waals surface area contributed by atoms with Crippen molar-refractivity contribution in [3.8, 4) is 5.75 Å². The third-order valence-electron chi connectivity index (χ3n) is 6.09. The lowest BCUT2D eigenvalue weighted by molar-refractivity contribution is -0.915. The molecule has 156 valence electrons. The largest absolute Gasteiger partial charge is 0.495 e. The fraction of sp³-hybridized carbons (Fsp3) is 0.650. The molecule has 0 saturated carbocycles. The molecule has 0 bridgehead atoms. The third-order valence-corrected chi connectivity index (χ3v) is 7.84. The van der Waals surface area contributed by atoms with Crippen molar-refractivity contribution >= 4 is 21.4 Å². The number of nitrogens with zero attached hydrogens (tertiary/aromatic N) is 2. The predicted molar refractivity (Wildman–Crippen MR) is 110 cm³/mol. The minimum atomic E-state index is -3.00. The van der Waals surface area contributed by atoms with Crippen molar-refractivity contribution in [1.82, 2.24) is 4.90 Å². The Bertz CT molecular complexity index is 790. The molecule has 0 unspecified atom stereocenters. The molecule has 0 aliphatic carbocycles. The zero-order valence-corrected chi connectivity index (χ0v) is 17.9. The smallest absolute Gasteiger partial charge is 0.280 e. The number of likely N-dealkylation sites (N-methyl/N-ethyl adjacent to an activating group) is 1. The number of anilines is 1. The average Bonchev–Trinajstić information content (AvgIpc) is 3.07. The van der Waals surface area contributed by atoms with Crippen molar-refractivity contribution in [3.63, 3.8) is 0 Å². The number of para-hydroxylation sites is 2. The highest BCUT2D eigenvalue weighted by Gasteiger charge is 2.38. The van der Waals surface area contributed by atoms with Crippen LogP contribution in [0.25, 0.3) is 0 Å². The van der Waals surface area contributed by atoms with Crippen LogP contribution < -0.4 is 14.5 Å². The van der Waals surface area contributed by atoms with Crippen LogP contribution in [0.15, 0.2) is 24.3 Å². The molecule has 3 rings (SSSR count). The Morgan fingerprint density at radius 1 is 1.32 bits per heavy atom. The van der Waals surface area contributed by atoms with E-state index < -0.39 is 9.84 Å². The molecule has 0 aromatic heterocycles. The second kappa shape index (κ2) is 8.69. The van der Waals surface area contributed by atoms with Crippen LogP contribution >= 0.6 is 0 Å². The summed E-state index contributed by atoms with van der Waals surface area (Å²) in [7, 11) is -1.31. The number of sulfone groups is 1. The highest BCUT2D eigenvalue weighted by molar-refractivity contribution is 7.91. The molecule has 0 radical (unpaired) electrons. The Morgan fingerprint density at radius 3 is 2.57 bits per heavy atom. The first-order chi connectivity index (χ1) is 13.4. The van der Waals surface area contributed by atoms with E-state index in [-0.39, 0.29) is 29.5 Å². The normalized spacial score (nSPS) is 23.4. The lowest BCUT2D eigenvalue weighted by atomic mass is 10.1. The highest BCUT2D eigenvalue weighted by atomic mass is 32.2. The van der Waals surface area contributed by atoms with Crippen LogP contribution in [0.2, 0.25) is 0 Å². The number of carbonyl (C=O) groups is 1. The number of methoxy groups -OCH3 is 1. The number of nitrogens with one attached hydrogen (secondary N) is 1. The van der Waals surface area contributed by atoms with E-state index in [1.807, 2.05) is 32.0 Å². The maximum atomic E-state index is 13.1. The first-order valence-corrected chi connectivity index (χ1v) is 11.9. The van der Waals surface area contributed by atoms with Crippen LogP contribution in [-0.2, 0) is 14.6 Å². The van der Waals surface area contributed by atoms with E-state index in [1.54, 1.807) is 12.0 Å². The Morgan fingerprint density at radius 2 is 2.00 bits per heavy atom. The summed E-state index contributed by atoms with van der Waals surface area (Å²) in [5.41, 5.74) is 1.09. The van der Waals surface area contributed by atoms with Crippen molar-refractivity contribution in [2.45, 2.75) is 32.4 Å². The molecule has 0 spiro atoms. The van der Waals surface area contributed by atoms with Crippen LogP contribution in [0.1, 0.15) is 20.3 Å². The molecule has 1 amide bonds. The van der Waals surface area contributed by atoms with Gasteiger partial charge < -0.3 is 19.4 Å². The molecule has 1 N–H and O–H groups in total. The summed E-state index contributed by atoms with van der Waals surface area (Å²) in [6.45, 7) is 7.92. The summed E-state index contributed by atoms with van der Waals surface area (Å²) in [6.07, 6.45) is 0.561. The Kier molecular flexibility index (Phi) is 6.50. The molecule has 7 nitrogen and oxygen atoms in total. The molecular formula is C20H32N3O4S+. The zero-order chi connectivity index (χ0) is 20.3. The second-order valence-electron chi connectivity index (χ2n) is 7.72. The van der Waals surface area contributed by atoms with Gasteiger partial charge in [-0.2, -0.15) is 0 Å². The van der Waals surface area contributed by atoms with Gasteiger partial charge in [-0.3, -0.25) is 4.79 Å². The average molecular weight is 411 g/mol. The summed E-state index contributed by atoms with van der Waals surface area (Å²) < 4.78 is 29.1. The van der Waals surface area contributed by atoms with Crippen molar-refractivity contribution < 1.29 is 22.8 Å². The molecule has 2 fully saturated rings. The summed E-state index contributed by atoms with van der Waals surface area (Å²) in [5, 5.41) is 0. The molecule has 2 atom stereocenters. The van der Waals surface area contributed by atoms with Gasteiger partial charge in [0.15, 0.2) is 15.9 Å². The van der Waals surface area contributed by atoms with Gasteiger partial charge >= 0.3 is 0 Å². The maximum absolute atomic E-state index is 13.1. The molecular weight excluding hydrogens is 378 g/mol. The molecule has 2 heterocycles. The van der Waals surface area contributed by atoms with Gasteiger partial charge in [0.1, 0.15) is 5.75 Å². The summed E-state index contributed by atoms with van der Waals surface area (Å²) >= 11 is 0. The van der Waals surface area contributed by atoms with Crippen LogP contribution in [0, 0.1) is 0 Å². The Balaban J connectivity index is 1.61. The molecule has 1 aromatic rings. The van der Waals surface area contributed by atoms with E-state index in [1.165, 1.54) is 4.90 Å². The van der Waals surface area contributed by atoms with Crippen molar-refractivity contribution in [2.75, 3.05) is 56.2 Å². The fourth-order valence-corrected chi connectivity index (χ4v) is 6.13. The molecule has 2 aliphatic rings. The van der Waals surface area contributed by atoms with E-state index in [0.29, 0.717) is 13.0 Å². The van der Waals surface area contributed by atoms with Crippen molar-refractivity contribution in [2.24, 2.45) is 0 Å². The lowest BCUT2D eigenvalue weighted by Crippen LogP contribution is -3.19. The van der Waals surface area contributed by atoms with Gasteiger partial charge in [-0.05, 0) is 32.4 Å². The van der Waals surface area contributed by atoms with Crippen LogP contribution in [-0.4, -0.2) is 82.6 Å². The number of rotatable bonds is 6. The van der Waals surface area contributed by atoms with E-state index in [2.05, 4.69) is 11.0 Å². The standard InChI is InChI=1S/C20H31N3O4S/c1-4-23(17-9-14-28(25,26)15-17)20(24)16(2)21-10-12-22(13-11-21)18-7-5-6-8-19(18)27-3/h5-8,16-17H,4,9-15H2,1-3H3/p+1/t16-,17-/m1/s1. The number of hydrogen-bond donors (Lipinski definition) is 1.